The molecule has 0 saturated heterocycles. The van der Waals surface area contributed by atoms with E-state index in [1.54, 1.807) is 24.1 Å². The normalized spacial score (nSPS) is 10.3. The fraction of sp³-hybridized carbons (Fsp3) is 0.0588. The van der Waals surface area contributed by atoms with E-state index in [1.165, 1.54) is 24.4 Å². The van der Waals surface area contributed by atoms with Crippen molar-refractivity contribution < 1.29 is 9.18 Å². The summed E-state index contributed by atoms with van der Waals surface area (Å²) in [6.45, 7) is 3.37. The maximum Gasteiger partial charge on any atom is 0.247 e. The number of hydrogen-bond donors (Lipinski definition) is 3. The molecule has 0 aliphatic heterocycles. The summed E-state index contributed by atoms with van der Waals surface area (Å²) in [5, 5.41) is 12.6. The molecule has 10 heteroatoms. The van der Waals surface area contributed by atoms with Crippen molar-refractivity contribution >= 4 is 46.3 Å². The Morgan fingerprint density at radius 2 is 2.11 bits per heavy atom. The van der Waals surface area contributed by atoms with Crippen molar-refractivity contribution in [3.05, 3.63) is 60.3 Å². The molecule has 2 aromatic heterocycles. The Labute approximate surface area is 159 Å². The molecule has 0 spiro atoms. The van der Waals surface area contributed by atoms with Gasteiger partial charge in [-0.15, -0.1) is 0 Å². The van der Waals surface area contributed by atoms with Crippen molar-refractivity contribution in [1.82, 2.24) is 19.7 Å². The molecule has 3 rings (SSSR count). The Bertz CT molecular complexity index is 1000. The molecule has 0 saturated carbocycles. The minimum atomic E-state index is -0.539. The molecule has 0 fully saturated rings. The van der Waals surface area contributed by atoms with Crippen LogP contribution in [-0.2, 0) is 11.8 Å². The van der Waals surface area contributed by atoms with Crippen LogP contribution in [0.1, 0.15) is 0 Å². The van der Waals surface area contributed by atoms with E-state index in [9.17, 15) is 9.18 Å². The van der Waals surface area contributed by atoms with Gasteiger partial charge in [-0.1, -0.05) is 18.2 Å². The van der Waals surface area contributed by atoms with Crippen LogP contribution in [0, 0.1) is 5.82 Å². The Morgan fingerprint density at radius 1 is 1.30 bits per heavy atom. The number of hydrogen-bond acceptors (Lipinski definition) is 6. The zero-order valence-electron chi connectivity index (χ0n) is 14.2. The van der Waals surface area contributed by atoms with Crippen molar-refractivity contribution in [3.8, 4) is 0 Å². The number of aryl methyl sites for hydroxylation is 1. The fourth-order valence-electron chi connectivity index (χ4n) is 2.15. The zero-order chi connectivity index (χ0) is 19.4. The predicted molar refractivity (Wildman–Crippen MR) is 102 cm³/mol. The van der Waals surface area contributed by atoms with E-state index in [1.807, 2.05) is 0 Å². The molecule has 0 bridgehead atoms. The largest absolute Gasteiger partial charge is 0.336 e. The average molecular weight is 388 g/mol. The first kappa shape index (κ1) is 18.3. The van der Waals surface area contributed by atoms with Crippen molar-refractivity contribution in [2.75, 3.05) is 16.0 Å². The topological polar surface area (TPSA) is 96.8 Å². The number of carbonyl (C=O) groups is 1. The molecule has 0 unspecified atom stereocenters. The summed E-state index contributed by atoms with van der Waals surface area (Å²) in [5.41, 5.74) is 1.17. The van der Waals surface area contributed by atoms with Crippen LogP contribution in [0.3, 0.4) is 0 Å². The molecular weight excluding hydrogens is 373 g/mol. The van der Waals surface area contributed by atoms with E-state index < -0.39 is 11.7 Å². The Hall–Kier alpha value is -3.46. The highest BCUT2D eigenvalue weighted by Gasteiger charge is 2.11. The van der Waals surface area contributed by atoms with Crippen LogP contribution in [0.2, 0.25) is 5.02 Å². The summed E-state index contributed by atoms with van der Waals surface area (Å²) >= 11 is 6.11. The number of anilines is 5. The molecule has 0 aliphatic carbocycles. The first-order valence-corrected chi connectivity index (χ1v) is 8.10. The number of carbonyl (C=O) groups excluding carboxylic acids is 1. The quantitative estimate of drug-likeness (QED) is 0.559. The van der Waals surface area contributed by atoms with E-state index >= 15 is 0 Å². The van der Waals surface area contributed by atoms with E-state index in [-0.39, 0.29) is 22.5 Å². The van der Waals surface area contributed by atoms with Gasteiger partial charge in [0.2, 0.25) is 11.9 Å². The van der Waals surface area contributed by atoms with Crippen LogP contribution in [0.25, 0.3) is 0 Å². The van der Waals surface area contributed by atoms with Gasteiger partial charge in [0.1, 0.15) is 10.8 Å². The molecule has 0 aliphatic rings. The van der Waals surface area contributed by atoms with Crippen LogP contribution in [0.15, 0.2) is 49.4 Å². The molecule has 3 N–H and O–H groups in total. The lowest BCUT2D eigenvalue weighted by Gasteiger charge is -2.11. The highest BCUT2D eigenvalue weighted by molar-refractivity contribution is 6.32. The van der Waals surface area contributed by atoms with Gasteiger partial charge in [0, 0.05) is 18.9 Å². The molecule has 1 aromatic carbocycles. The van der Waals surface area contributed by atoms with E-state index in [0.29, 0.717) is 11.4 Å². The Kier molecular flexibility index (Phi) is 5.32. The minimum absolute atomic E-state index is 0.0878. The summed E-state index contributed by atoms with van der Waals surface area (Å²) in [4.78, 5) is 19.7. The number of nitrogens with zero attached hydrogens (tertiary/aromatic N) is 4. The van der Waals surface area contributed by atoms with Gasteiger partial charge in [-0.25, -0.2) is 9.37 Å². The standard InChI is InChI=1S/C17H15ClFN7O/c1-3-15(27)22-10-4-5-13(19)14(6-10)24-16-12(18)8-20-17(25-16)23-11-7-21-26(2)9-11/h3-9H,1H2,2H3,(H,22,27)(H2,20,23,24,25). The number of halogens is 2. The predicted octanol–water partition coefficient (Wildman–Crippen LogP) is 3.61. The Morgan fingerprint density at radius 3 is 2.81 bits per heavy atom. The molecule has 0 atom stereocenters. The first-order chi connectivity index (χ1) is 12.9. The first-order valence-electron chi connectivity index (χ1n) is 7.73. The van der Waals surface area contributed by atoms with Crippen molar-refractivity contribution in [1.29, 1.82) is 0 Å². The zero-order valence-corrected chi connectivity index (χ0v) is 15.0. The van der Waals surface area contributed by atoms with Crippen molar-refractivity contribution in [2.24, 2.45) is 7.05 Å². The maximum absolute atomic E-state index is 14.1. The molecule has 8 nitrogen and oxygen atoms in total. The lowest BCUT2D eigenvalue weighted by molar-refractivity contribution is -0.111. The van der Waals surface area contributed by atoms with Gasteiger partial charge in [-0.2, -0.15) is 10.1 Å². The third-order valence-electron chi connectivity index (χ3n) is 3.38. The van der Waals surface area contributed by atoms with Gasteiger partial charge >= 0.3 is 0 Å². The molecule has 138 valence electrons. The second-order valence-electron chi connectivity index (χ2n) is 5.43. The van der Waals surface area contributed by atoms with Gasteiger partial charge in [0.25, 0.3) is 0 Å². The molecule has 0 radical (unpaired) electrons. The number of amides is 1. The molecular formula is C17H15ClFN7O. The average Bonchev–Trinajstić information content (AvgIpc) is 3.05. The molecule has 3 aromatic rings. The summed E-state index contributed by atoms with van der Waals surface area (Å²) in [7, 11) is 1.78. The van der Waals surface area contributed by atoms with Crippen molar-refractivity contribution in [3.63, 3.8) is 0 Å². The van der Waals surface area contributed by atoms with Crippen molar-refractivity contribution in [2.45, 2.75) is 0 Å². The van der Waals surface area contributed by atoms with Gasteiger partial charge in [0.15, 0.2) is 5.82 Å². The second kappa shape index (κ2) is 7.83. The van der Waals surface area contributed by atoms with Gasteiger partial charge in [-0.05, 0) is 24.3 Å². The van der Waals surface area contributed by atoms with Gasteiger partial charge < -0.3 is 16.0 Å². The van der Waals surface area contributed by atoms with Crippen LogP contribution in [0.5, 0.6) is 0 Å². The van der Waals surface area contributed by atoms with Crippen LogP contribution in [-0.4, -0.2) is 25.7 Å². The molecule has 27 heavy (non-hydrogen) atoms. The smallest absolute Gasteiger partial charge is 0.247 e. The Balaban J connectivity index is 1.84. The maximum atomic E-state index is 14.1. The van der Waals surface area contributed by atoms with E-state index in [2.05, 4.69) is 37.6 Å². The monoisotopic (exact) mass is 387 g/mol. The SMILES string of the molecule is C=CC(=O)Nc1ccc(F)c(Nc2nc(Nc3cnn(C)c3)ncc2Cl)c1. The van der Waals surface area contributed by atoms with Crippen LogP contribution in [0.4, 0.5) is 33.2 Å². The molecule has 1 amide bonds. The second-order valence-corrected chi connectivity index (χ2v) is 5.84. The highest BCUT2D eigenvalue weighted by Crippen LogP contribution is 2.28. The summed E-state index contributed by atoms with van der Waals surface area (Å²) in [5.74, 6) is -0.491. The van der Waals surface area contributed by atoms with Crippen LogP contribution >= 0.6 is 11.6 Å². The lowest BCUT2D eigenvalue weighted by Crippen LogP contribution is -2.08. The van der Waals surface area contributed by atoms with Crippen LogP contribution < -0.4 is 16.0 Å². The summed E-state index contributed by atoms with van der Waals surface area (Å²) in [6, 6.07) is 4.06. The summed E-state index contributed by atoms with van der Waals surface area (Å²) < 4.78 is 15.8. The summed E-state index contributed by atoms with van der Waals surface area (Å²) in [6.07, 6.45) is 5.86. The van der Waals surface area contributed by atoms with Gasteiger partial charge in [0.05, 0.1) is 23.8 Å². The van der Waals surface area contributed by atoms with E-state index in [4.69, 9.17) is 11.6 Å². The fourth-order valence-corrected chi connectivity index (χ4v) is 2.29. The van der Waals surface area contributed by atoms with Gasteiger partial charge in [-0.3, -0.25) is 9.48 Å². The number of benzene rings is 1. The number of nitrogens with one attached hydrogen (secondary N) is 3. The third kappa shape index (κ3) is 4.59. The third-order valence-corrected chi connectivity index (χ3v) is 3.65. The highest BCUT2D eigenvalue weighted by atomic mass is 35.5. The lowest BCUT2D eigenvalue weighted by atomic mass is 10.2. The minimum Gasteiger partial charge on any atom is -0.336 e. The molecule has 2 heterocycles. The number of aromatic nitrogens is 4. The number of rotatable bonds is 6. The van der Waals surface area contributed by atoms with E-state index in [0.717, 1.165) is 6.08 Å².